The third-order valence-corrected chi connectivity index (χ3v) is 3.85. The largest absolute Gasteiger partial charge is 0.391 e. The van der Waals surface area contributed by atoms with Gasteiger partial charge in [0.15, 0.2) is 5.78 Å². The summed E-state index contributed by atoms with van der Waals surface area (Å²) in [5.74, 6) is -0.234. The van der Waals surface area contributed by atoms with Gasteiger partial charge in [-0.25, -0.2) is 0 Å². The standard InChI is InChI=1S/C18H20N2O4/c1-12(18(22)10-14-6-4-3-5-7-14)19-16-9-8-15(13(2)21)11-17(16)20(23)24/h3-9,11-12,18-19,22H,10H2,1-2H3. The van der Waals surface area contributed by atoms with E-state index in [0.717, 1.165) is 5.56 Å². The number of nitrogens with one attached hydrogen (secondary N) is 1. The summed E-state index contributed by atoms with van der Waals surface area (Å²) in [6.45, 7) is 3.12. The molecular weight excluding hydrogens is 308 g/mol. The molecule has 0 radical (unpaired) electrons. The molecule has 0 amide bonds. The Kier molecular flexibility index (Phi) is 5.65. The summed E-state index contributed by atoms with van der Waals surface area (Å²) >= 11 is 0. The molecule has 2 atom stereocenters. The highest BCUT2D eigenvalue weighted by Crippen LogP contribution is 2.27. The Balaban J connectivity index is 2.14. The zero-order chi connectivity index (χ0) is 17.7. The number of carbonyl (C=O) groups is 1. The van der Waals surface area contributed by atoms with Crippen LogP contribution in [0.15, 0.2) is 48.5 Å². The molecule has 2 aromatic rings. The molecule has 2 rings (SSSR count). The molecule has 0 bridgehead atoms. The van der Waals surface area contributed by atoms with Crippen molar-refractivity contribution in [3.8, 4) is 0 Å². The lowest BCUT2D eigenvalue weighted by Crippen LogP contribution is -2.32. The van der Waals surface area contributed by atoms with Crippen LogP contribution in [-0.4, -0.2) is 28.0 Å². The predicted molar refractivity (Wildman–Crippen MR) is 92.3 cm³/mol. The van der Waals surface area contributed by atoms with Gasteiger partial charge in [0.05, 0.1) is 11.0 Å². The number of anilines is 1. The van der Waals surface area contributed by atoms with Crippen molar-refractivity contribution in [1.29, 1.82) is 0 Å². The quantitative estimate of drug-likeness (QED) is 0.462. The minimum Gasteiger partial charge on any atom is -0.391 e. The Morgan fingerprint density at radius 1 is 1.25 bits per heavy atom. The molecule has 126 valence electrons. The molecule has 2 N–H and O–H groups in total. The Bertz CT molecular complexity index is 731. The molecule has 0 fully saturated rings. The van der Waals surface area contributed by atoms with Crippen LogP contribution in [0.25, 0.3) is 0 Å². The number of nitrogens with zero attached hydrogens (tertiary/aromatic N) is 1. The molecule has 0 aliphatic heterocycles. The van der Waals surface area contributed by atoms with Gasteiger partial charge in [0.2, 0.25) is 0 Å². The van der Waals surface area contributed by atoms with Gasteiger partial charge in [-0.3, -0.25) is 14.9 Å². The normalized spacial score (nSPS) is 13.1. The van der Waals surface area contributed by atoms with Crippen molar-refractivity contribution in [3.63, 3.8) is 0 Å². The highest BCUT2D eigenvalue weighted by atomic mass is 16.6. The average Bonchev–Trinajstić information content (AvgIpc) is 2.55. The van der Waals surface area contributed by atoms with Gasteiger partial charge in [0.1, 0.15) is 5.69 Å². The first-order valence-corrected chi connectivity index (χ1v) is 7.66. The molecule has 0 heterocycles. The SMILES string of the molecule is CC(=O)c1ccc(NC(C)C(O)Cc2ccccc2)c([N+](=O)[O-])c1. The van der Waals surface area contributed by atoms with Crippen LogP contribution in [0, 0.1) is 10.1 Å². The van der Waals surface area contributed by atoms with Crippen LogP contribution in [0.4, 0.5) is 11.4 Å². The van der Waals surface area contributed by atoms with Gasteiger partial charge in [-0.1, -0.05) is 30.3 Å². The van der Waals surface area contributed by atoms with Gasteiger partial charge >= 0.3 is 0 Å². The molecule has 6 nitrogen and oxygen atoms in total. The van der Waals surface area contributed by atoms with Crippen molar-refractivity contribution >= 4 is 17.2 Å². The van der Waals surface area contributed by atoms with E-state index in [2.05, 4.69) is 5.32 Å². The highest BCUT2D eigenvalue weighted by molar-refractivity contribution is 5.95. The van der Waals surface area contributed by atoms with Gasteiger partial charge in [-0.2, -0.15) is 0 Å². The maximum atomic E-state index is 11.4. The number of ketones is 1. The maximum Gasteiger partial charge on any atom is 0.293 e. The number of aliphatic hydroxyl groups is 1. The molecule has 2 aromatic carbocycles. The molecule has 0 saturated heterocycles. The summed E-state index contributed by atoms with van der Waals surface area (Å²) in [5.41, 5.74) is 1.37. The van der Waals surface area contributed by atoms with Crippen LogP contribution >= 0.6 is 0 Å². The van der Waals surface area contributed by atoms with E-state index in [0.29, 0.717) is 6.42 Å². The second kappa shape index (κ2) is 7.70. The van der Waals surface area contributed by atoms with Crippen LogP contribution in [-0.2, 0) is 6.42 Å². The van der Waals surface area contributed by atoms with Crippen molar-refractivity contribution in [2.24, 2.45) is 0 Å². The van der Waals surface area contributed by atoms with E-state index in [1.54, 1.807) is 6.92 Å². The van der Waals surface area contributed by atoms with E-state index in [-0.39, 0.29) is 22.7 Å². The zero-order valence-corrected chi connectivity index (χ0v) is 13.6. The molecule has 0 aliphatic carbocycles. The number of carbonyl (C=O) groups excluding carboxylic acids is 1. The topological polar surface area (TPSA) is 92.5 Å². The van der Waals surface area contributed by atoms with Crippen molar-refractivity contribution < 1.29 is 14.8 Å². The summed E-state index contributed by atoms with van der Waals surface area (Å²) in [4.78, 5) is 22.1. The molecule has 2 unspecified atom stereocenters. The Morgan fingerprint density at radius 2 is 1.92 bits per heavy atom. The van der Waals surface area contributed by atoms with E-state index in [1.165, 1.54) is 25.1 Å². The summed E-state index contributed by atoms with van der Waals surface area (Å²) in [5, 5.41) is 24.5. The van der Waals surface area contributed by atoms with Crippen LogP contribution in [0.5, 0.6) is 0 Å². The number of nitro groups is 1. The lowest BCUT2D eigenvalue weighted by Gasteiger charge is -2.21. The van der Waals surface area contributed by atoms with E-state index in [4.69, 9.17) is 0 Å². The van der Waals surface area contributed by atoms with Crippen LogP contribution in [0.1, 0.15) is 29.8 Å². The van der Waals surface area contributed by atoms with Crippen LogP contribution < -0.4 is 5.32 Å². The van der Waals surface area contributed by atoms with E-state index >= 15 is 0 Å². The first-order valence-electron chi connectivity index (χ1n) is 7.66. The number of benzene rings is 2. The average molecular weight is 328 g/mol. The van der Waals surface area contributed by atoms with Crippen LogP contribution in [0.2, 0.25) is 0 Å². The zero-order valence-electron chi connectivity index (χ0n) is 13.6. The van der Waals surface area contributed by atoms with Gasteiger partial charge < -0.3 is 10.4 Å². The van der Waals surface area contributed by atoms with Gasteiger partial charge in [0, 0.05) is 24.1 Å². The van der Waals surface area contributed by atoms with E-state index in [1.807, 2.05) is 30.3 Å². The lowest BCUT2D eigenvalue weighted by molar-refractivity contribution is -0.384. The van der Waals surface area contributed by atoms with Crippen molar-refractivity contribution in [3.05, 3.63) is 69.8 Å². The highest BCUT2D eigenvalue weighted by Gasteiger charge is 2.21. The lowest BCUT2D eigenvalue weighted by atomic mass is 10.0. The fourth-order valence-corrected chi connectivity index (χ4v) is 2.40. The second-order valence-corrected chi connectivity index (χ2v) is 5.74. The smallest absolute Gasteiger partial charge is 0.293 e. The third-order valence-electron chi connectivity index (χ3n) is 3.85. The number of aliphatic hydroxyl groups excluding tert-OH is 1. The maximum absolute atomic E-state index is 11.4. The molecule has 6 heteroatoms. The summed E-state index contributed by atoms with van der Waals surface area (Å²) in [7, 11) is 0. The van der Waals surface area contributed by atoms with Crippen molar-refractivity contribution in [2.75, 3.05) is 5.32 Å². The number of Topliss-reactive ketones (excluding diaryl/α,β-unsaturated/α-hetero) is 1. The predicted octanol–water partition coefficient (Wildman–Crippen LogP) is 3.20. The molecule has 0 saturated carbocycles. The molecule has 0 aromatic heterocycles. The second-order valence-electron chi connectivity index (χ2n) is 5.74. The van der Waals surface area contributed by atoms with E-state index in [9.17, 15) is 20.0 Å². The Hall–Kier alpha value is -2.73. The summed E-state index contributed by atoms with van der Waals surface area (Å²) < 4.78 is 0. The molecular formula is C18H20N2O4. The molecule has 0 aliphatic rings. The minimum absolute atomic E-state index is 0.179. The van der Waals surface area contributed by atoms with Crippen molar-refractivity contribution in [1.82, 2.24) is 0 Å². The Labute approximate surface area is 140 Å². The van der Waals surface area contributed by atoms with E-state index < -0.39 is 17.1 Å². The Morgan fingerprint density at radius 3 is 2.50 bits per heavy atom. The number of hydrogen-bond donors (Lipinski definition) is 2. The summed E-state index contributed by atoms with van der Waals surface area (Å²) in [6, 6.07) is 13.4. The van der Waals surface area contributed by atoms with Gasteiger partial charge in [-0.15, -0.1) is 0 Å². The minimum atomic E-state index is -0.709. The number of rotatable bonds is 7. The van der Waals surface area contributed by atoms with Gasteiger partial charge in [-0.05, 0) is 31.5 Å². The fraction of sp³-hybridized carbons (Fsp3) is 0.278. The fourth-order valence-electron chi connectivity index (χ4n) is 2.40. The third kappa shape index (κ3) is 4.39. The van der Waals surface area contributed by atoms with Gasteiger partial charge in [0.25, 0.3) is 5.69 Å². The first-order chi connectivity index (χ1) is 11.4. The van der Waals surface area contributed by atoms with Crippen molar-refractivity contribution in [2.45, 2.75) is 32.4 Å². The summed E-state index contributed by atoms with van der Waals surface area (Å²) in [6.07, 6.45) is -0.270. The number of hydrogen-bond acceptors (Lipinski definition) is 5. The number of nitro benzene ring substituents is 1. The first kappa shape index (κ1) is 17.6. The van der Waals surface area contributed by atoms with Crippen LogP contribution in [0.3, 0.4) is 0 Å². The molecule has 24 heavy (non-hydrogen) atoms. The monoisotopic (exact) mass is 328 g/mol. The molecule has 0 spiro atoms.